The summed E-state index contributed by atoms with van der Waals surface area (Å²) in [6, 6.07) is 22.8. The molecule has 0 bridgehead atoms. The minimum atomic E-state index is -0.796. The number of nitrogens with one attached hydrogen (secondary N) is 1. The highest BCUT2D eigenvalue weighted by molar-refractivity contribution is 6.18. The Labute approximate surface area is 175 Å². The Morgan fingerprint density at radius 1 is 0.833 bits per heavy atom. The van der Waals surface area contributed by atoms with Gasteiger partial charge in [0.1, 0.15) is 6.04 Å². The van der Waals surface area contributed by atoms with Crippen LogP contribution in [0.2, 0.25) is 0 Å². The van der Waals surface area contributed by atoms with Crippen LogP contribution in [0, 0.1) is 13.8 Å². The van der Waals surface area contributed by atoms with Crippen molar-refractivity contribution < 1.29 is 9.59 Å². The lowest BCUT2D eigenvalue weighted by Crippen LogP contribution is -2.46. The van der Waals surface area contributed by atoms with E-state index in [1.165, 1.54) is 0 Å². The summed E-state index contributed by atoms with van der Waals surface area (Å²) in [5.74, 6) is -0.839. The van der Waals surface area contributed by atoms with E-state index in [-0.39, 0.29) is 5.91 Å². The van der Waals surface area contributed by atoms with Gasteiger partial charge in [0, 0.05) is 6.42 Å². The molecule has 0 spiro atoms. The summed E-state index contributed by atoms with van der Waals surface area (Å²) < 4.78 is 0. The molecule has 0 saturated carbocycles. The fraction of sp³-hybridized carbons (Fsp3) is 0.154. The summed E-state index contributed by atoms with van der Waals surface area (Å²) in [6.07, 6.45) is 0.363. The third-order valence-corrected chi connectivity index (χ3v) is 5.70. The largest absolute Gasteiger partial charge is 0.368 e. The molecule has 3 N–H and O–H groups in total. The maximum absolute atomic E-state index is 13.4. The lowest BCUT2D eigenvalue weighted by Gasteiger charge is -2.19. The highest BCUT2D eigenvalue weighted by Crippen LogP contribution is 2.28. The fourth-order valence-electron chi connectivity index (χ4n) is 4.09. The molecule has 150 valence electrons. The molecule has 0 fully saturated rings. The van der Waals surface area contributed by atoms with Crippen LogP contribution in [0.1, 0.15) is 27.0 Å². The zero-order valence-electron chi connectivity index (χ0n) is 17.1. The van der Waals surface area contributed by atoms with Gasteiger partial charge in [-0.3, -0.25) is 9.59 Å². The van der Waals surface area contributed by atoms with E-state index in [0.717, 1.165) is 38.2 Å². The third-order valence-electron chi connectivity index (χ3n) is 5.70. The monoisotopic (exact) mass is 396 g/mol. The summed E-state index contributed by atoms with van der Waals surface area (Å²) in [5, 5.41) is 6.57. The first-order valence-corrected chi connectivity index (χ1v) is 10.0. The van der Waals surface area contributed by atoms with Gasteiger partial charge in [0.25, 0.3) is 5.91 Å². The van der Waals surface area contributed by atoms with E-state index in [2.05, 4.69) is 11.4 Å². The van der Waals surface area contributed by atoms with Crippen LogP contribution in [0.25, 0.3) is 21.5 Å². The lowest BCUT2D eigenvalue weighted by molar-refractivity contribution is -0.119. The third kappa shape index (κ3) is 3.64. The van der Waals surface area contributed by atoms with Crippen LogP contribution in [0.5, 0.6) is 0 Å². The normalized spacial score (nSPS) is 12.1. The van der Waals surface area contributed by atoms with Crippen molar-refractivity contribution >= 4 is 33.4 Å². The van der Waals surface area contributed by atoms with Crippen molar-refractivity contribution in [1.82, 2.24) is 5.32 Å². The van der Waals surface area contributed by atoms with Crippen molar-refractivity contribution in [3.05, 3.63) is 95.1 Å². The van der Waals surface area contributed by atoms with Crippen molar-refractivity contribution in [1.29, 1.82) is 0 Å². The van der Waals surface area contributed by atoms with E-state index >= 15 is 0 Å². The van der Waals surface area contributed by atoms with Crippen molar-refractivity contribution in [3.63, 3.8) is 0 Å². The van der Waals surface area contributed by atoms with Gasteiger partial charge < -0.3 is 11.1 Å². The second kappa shape index (κ2) is 7.99. The van der Waals surface area contributed by atoms with Gasteiger partial charge >= 0.3 is 0 Å². The zero-order chi connectivity index (χ0) is 21.3. The van der Waals surface area contributed by atoms with E-state index in [1.54, 1.807) is 0 Å². The molecule has 4 heteroatoms. The standard InChI is InChI=1S/C26H24N2O2/c1-16-8-7-9-17(2)22(16)15-23(25(27)29)28-26(30)24-20-12-5-3-10-18(20)14-19-11-4-6-13-21(19)24/h3-14,23H,15H2,1-2H3,(H2,27,29)(H,28,30)/t23-/m1/s1. The molecule has 0 unspecified atom stereocenters. The Bertz CT molecular complexity index is 1200. The topological polar surface area (TPSA) is 72.2 Å². The van der Waals surface area contributed by atoms with Crippen LogP contribution in [0.15, 0.2) is 72.8 Å². The Balaban J connectivity index is 1.76. The van der Waals surface area contributed by atoms with E-state index < -0.39 is 11.9 Å². The number of nitrogens with two attached hydrogens (primary N) is 1. The van der Waals surface area contributed by atoms with Gasteiger partial charge in [-0.1, -0.05) is 66.7 Å². The SMILES string of the molecule is Cc1cccc(C)c1C[C@@H](NC(=O)c1c2ccccc2cc2ccccc12)C(N)=O. The van der Waals surface area contributed by atoms with Gasteiger partial charge in [-0.2, -0.15) is 0 Å². The average molecular weight is 396 g/mol. The number of amides is 2. The molecule has 0 saturated heterocycles. The molecule has 2 amide bonds. The Hall–Kier alpha value is -3.66. The van der Waals surface area contributed by atoms with Gasteiger partial charge in [0.15, 0.2) is 0 Å². The predicted octanol–water partition coefficient (Wildman–Crippen LogP) is 4.44. The number of hydrogen-bond donors (Lipinski definition) is 2. The minimum absolute atomic E-state index is 0.293. The summed E-state index contributed by atoms with van der Waals surface area (Å²) >= 11 is 0. The number of aryl methyl sites for hydroxylation is 2. The first-order valence-electron chi connectivity index (χ1n) is 10.0. The number of fused-ring (bicyclic) bond motifs is 2. The average Bonchev–Trinajstić information content (AvgIpc) is 2.73. The van der Waals surface area contributed by atoms with E-state index in [1.807, 2.05) is 80.6 Å². The summed E-state index contributed by atoms with van der Waals surface area (Å²) in [5.41, 5.74) is 9.43. The number of carbonyl (C=O) groups excluding carboxylic acids is 2. The summed E-state index contributed by atoms with van der Waals surface area (Å²) in [6.45, 7) is 4.00. The molecule has 4 nitrogen and oxygen atoms in total. The molecule has 4 aromatic rings. The quantitative estimate of drug-likeness (QED) is 0.490. The van der Waals surface area contributed by atoms with Crippen molar-refractivity contribution in [2.45, 2.75) is 26.3 Å². The zero-order valence-corrected chi connectivity index (χ0v) is 17.1. The molecule has 0 aromatic heterocycles. The van der Waals surface area contributed by atoms with Gasteiger partial charge in [-0.15, -0.1) is 0 Å². The second-order valence-electron chi connectivity index (χ2n) is 7.70. The molecule has 1 atom stereocenters. The van der Waals surface area contributed by atoms with Crippen LogP contribution in [0.3, 0.4) is 0 Å². The Morgan fingerprint density at radius 2 is 1.37 bits per heavy atom. The number of benzene rings is 4. The van der Waals surface area contributed by atoms with E-state index in [9.17, 15) is 9.59 Å². The lowest BCUT2D eigenvalue weighted by atomic mass is 9.94. The van der Waals surface area contributed by atoms with Gasteiger partial charge in [-0.05, 0) is 58.1 Å². The molecular weight excluding hydrogens is 372 g/mol. The van der Waals surface area contributed by atoms with Crippen molar-refractivity contribution in [2.24, 2.45) is 5.73 Å². The number of hydrogen-bond acceptors (Lipinski definition) is 2. The first kappa shape index (κ1) is 19.6. The molecule has 0 radical (unpaired) electrons. The minimum Gasteiger partial charge on any atom is -0.368 e. The molecule has 0 aliphatic heterocycles. The molecule has 0 aliphatic carbocycles. The van der Waals surface area contributed by atoms with Crippen LogP contribution < -0.4 is 11.1 Å². The smallest absolute Gasteiger partial charge is 0.253 e. The molecular formula is C26H24N2O2. The van der Waals surface area contributed by atoms with E-state index in [4.69, 9.17) is 5.73 Å². The van der Waals surface area contributed by atoms with Crippen LogP contribution in [-0.4, -0.2) is 17.9 Å². The highest BCUT2D eigenvalue weighted by Gasteiger charge is 2.23. The molecule has 0 aliphatic rings. The number of carbonyl (C=O) groups is 2. The Morgan fingerprint density at radius 3 is 1.90 bits per heavy atom. The van der Waals surface area contributed by atoms with Crippen LogP contribution >= 0.6 is 0 Å². The van der Waals surface area contributed by atoms with Gasteiger partial charge in [-0.25, -0.2) is 0 Å². The predicted molar refractivity (Wildman–Crippen MR) is 122 cm³/mol. The first-order chi connectivity index (χ1) is 14.5. The highest BCUT2D eigenvalue weighted by atomic mass is 16.2. The van der Waals surface area contributed by atoms with Crippen molar-refractivity contribution in [2.75, 3.05) is 0 Å². The second-order valence-corrected chi connectivity index (χ2v) is 7.70. The maximum Gasteiger partial charge on any atom is 0.253 e. The summed E-state index contributed by atoms with van der Waals surface area (Å²) in [4.78, 5) is 25.7. The fourth-order valence-corrected chi connectivity index (χ4v) is 4.09. The maximum atomic E-state index is 13.4. The Kier molecular flexibility index (Phi) is 5.23. The number of rotatable bonds is 5. The van der Waals surface area contributed by atoms with Crippen LogP contribution in [-0.2, 0) is 11.2 Å². The van der Waals surface area contributed by atoms with Gasteiger partial charge in [0.2, 0.25) is 5.91 Å². The van der Waals surface area contributed by atoms with E-state index in [0.29, 0.717) is 12.0 Å². The van der Waals surface area contributed by atoms with Crippen LogP contribution in [0.4, 0.5) is 0 Å². The molecule has 30 heavy (non-hydrogen) atoms. The molecule has 4 rings (SSSR count). The van der Waals surface area contributed by atoms with Gasteiger partial charge in [0.05, 0.1) is 5.56 Å². The molecule has 0 heterocycles. The molecule has 4 aromatic carbocycles. The number of primary amides is 1. The summed E-state index contributed by atoms with van der Waals surface area (Å²) in [7, 11) is 0. The van der Waals surface area contributed by atoms with Crippen molar-refractivity contribution in [3.8, 4) is 0 Å².